The molecule has 1 heterocycles. The second-order valence-electron chi connectivity index (χ2n) is 4.41. The van der Waals surface area contributed by atoms with Gasteiger partial charge in [-0.15, -0.1) is 0 Å². The lowest BCUT2D eigenvalue weighted by molar-refractivity contribution is 0.0696. The number of ether oxygens (including phenoxy) is 1. The zero-order valence-corrected chi connectivity index (χ0v) is 11.2. The Morgan fingerprint density at radius 2 is 2.25 bits per heavy atom. The Labute approximate surface area is 117 Å². The highest BCUT2D eigenvalue weighted by Gasteiger charge is 2.13. The molecule has 2 rings (SSSR count). The standard InChI is InChI=1S/C15H17NO4/c1-19-10-13(14-6-3-7-20-14)16-9-11-4-2-5-12(8-11)15(17)18/h2-8,13,16H,9-10H2,1H3,(H,17,18). The van der Waals surface area contributed by atoms with Crippen LogP contribution in [-0.4, -0.2) is 24.8 Å². The molecule has 1 unspecified atom stereocenters. The van der Waals surface area contributed by atoms with Crippen LogP contribution < -0.4 is 5.32 Å². The predicted octanol–water partition coefficient (Wildman–Crippen LogP) is 2.46. The van der Waals surface area contributed by atoms with Crippen LogP contribution in [0.3, 0.4) is 0 Å². The highest BCUT2D eigenvalue weighted by molar-refractivity contribution is 5.87. The first-order valence-electron chi connectivity index (χ1n) is 6.28. The van der Waals surface area contributed by atoms with Gasteiger partial charge in [0, 0.05) is 13.7 Å². The summed E-state index contributed by atoms with van der Waals surface area (Å²) < 4.78 is 10.5. The summed E-state index contributed by atoms with van der Waals surface area (Å²) in [7, 11) is 1.63. The van der Waals surface area contributed by atoms with Crippen molar-refractivity contribution in [2.24, 2.45) is 0 Å². The molecule has 1 atom stereocenters. The summed E-state index contributed by atoms with van der Waals surface area (Å²) in [6.07, 6.45) is 1.62. The lowest BCUT2D eigenvalue weighted by Gasteiger charge is -2.15. The normalized spacial score (nSPS) is 12.2. The molecule has 2 N–H and O–H groups in total. The number of carboxylic acids is 1. The van der Waals surface area contributed by atoms with Gasteiger partial charge in [-0.3, -0.25) is 0 Å². The van der Waals surface area contributed by atoms with E-state index < -0.39 is 5.97 Å². The van der Waals surface area contributed by atoms with Gasteiger partial charge in [0.05, 0.1) is 24.5 Å². The minimum atomic E-state index is -0.925. The molecular weight excluding hydrogens is 258 g/mol. The molecule has 0 radical (unpaired) electrons. The molecule has 1 aromatic carbocycles. The number of hydrogen-bond donors (Lipinski definition) is 2. The topological polar surface area (TPSA) is 71.7 Å². The maximum Gasteiger partial charge on any atom is 0.335 e. The van der Waals surface area contributed by atoms with Crippen LogP contribution in [0.5, 0.6) is 0 Å². The molecule has 0 saturated heterocycles. The molecule has 5 heteroatoms. The third-order valence-corrected chi connectivity index (χ3v) is 2.95. The van der Waals surface area contributed by atoms with Gasteiger partial charge in [-0.05, 0) is 29.8 Å². The average Bonchev–Trinajstić information content (AvgIpc) is 2.97. The number of methoxy groups -OCH3 is 1. The molecule has 0 fully saturated rings. The number of benzene rings is 1. The Morgan fingerprint density at radius 1 is 1.40 bits per heavy atom. The van der Waals surface area contributed by atoms with Crippen LogP contribution in [-0.2, 0) is 11.3 Å². The number of rotatable bonds is 7. The molecule has 0 aliphatic heterocycles. The smallest absolute Gasteiger partial charge is 0.335 e. The van der Waals surface area contributed by atoms with Crippen molar-refractivity contribution in [2.75, 3.05) is 13.7 Å². The third kappa shape index (κ3) is 3.69. The van der Waals surface area contributed by atoms with E-state index in [1.807, 2.05) is 18.2 Å². The van der Waals surface area contributed by atoms with Gasteiger partial charge >= 0.3 is 5.97 Å². The van der Waals surface area contributed by atoms with E-state index in [9.17, 15) is 4.79 Å². The van der Waals surface area contributed by atoms with E-state index in [1.54, 1.807) is 31.6 Å². The maximum absolute atomic E-state index is 10.9. The summed E-state index contributed by atoms with van der Waals surface area (Å²) in [5.41, 5.74) is 1.18. The molecule has 20 heavy (non-hydrogen) atoms. The first-order valence-corrected chi connectivity index (χ1v) is 6.28. The van der Waals surface area contributed by atoms with E-state index in [0.29, 0.717) is 13.2 Å². The molecule has 0 aliphatic carbocycles. The Balaban J connectivity index is 2.02. The Hall–Kier alpha value is -2.11. The number of nitrogens with one attached hydrogen (secondary N) is 1. The molecular formula is C15H17NO4. The van der Waals surface area contributed by atoms with Gasteiger partial charge in [-0.1, -0.05) is 12.1 Å². The molecule has 0 spiro atoms. The highest BCUT2D eigenvalue weighted by atomic mass is 16.5. The number of hydrogen-bond acceptors (Lipinski definition) is 4. The summed E-state index contributed by atoms with van der Waals surface area (Å²) in [5.74, 6) is -0.132. The van der Waals surface area contributed by atoms with Gasteiger partial charge in [0.15, 0.2) is 0 Å². The minimum absolute atomic E-state index is 0.0662. The van der Waals surface area contributed by atoms with Gasteiger partial charge < -0.3 is 19.6 Å². The molecule has 0 bridgehead atoms. The number of carboxylic acid groups (broad SMARTS) is 1. The van der Waals surface area contributed by atoms with Crippen LogP contribution in [0.4, 0.5) is 0 Å². The van der Waals surface area contributed by atoms with Crippen LogP contribution in [0.15, 0.2) is 47.1 Å². The zero-order valence-electron chi connectivity index (χ0n) is 11.2. The molecule has 106 valence electrons. The fraction of sp³-hybridized carbons (Fsp3) is 0.267. The lowest BCUT2D eigenvalue weighted by atomic mass is 10.1. The van der Waals surface area contributed by atoms with Gasteiger partial charge in [0.1, 0.15) is 5.76 Å². The van der Waals surface area contributed by atoms with E-state index in [1.165, 1.54) is 0 Å². The summed E-state index contributed by atoms with van der Waals surface area (Å²) >= 11 is 0. The fourth-order valence-electron chi connectivity index (χ4n) is 1.95. The minimum Gasteiger partial charge on any atom is -0.478 e. The van der Waals surface area contributed by atoms with Crippen molar-refractivity contribution in [3.8, 4) is 0 Å². The number of carbonyl (C=O) groups is 1. The third-order valence-electron chi connectivity index (χ3n) is 2.95. The van der Waals surface area contributed by atoms with E-state index in [4.69, 9.17) is 14.3 Å². The molecule has 5 nitrogen and oxygen atoms in total. The monoisotopic (exact) mass is 275 g/mol. The number of aromatic carboxylic acids is 1. The second-order valence-corrected chi connectivity index (χ2v) is 4.41. The Bertz CT molecular complexity index is 551. The molecule has 0 saturated carbocycles. The zero-order chi connectivity index (χ0) is 14.4. The summed E-state index contributed by atoms with van der Waals surface area (Å²) in [6, 6.07) is 10.5. The van der Waals surface area contributed by atoms with Crippen LogP contribution in [0.2, 0.25) is 0 Å². The van der Waals surface area contributed by atoms with Crippen molar-refractivity contribution in [3.63, 3.8) is 0 Å². The van der Waals surface area contributed by atoms with Crippen molar-refractivity contribution < 1.29 is 19.1 Å². The van der Waals surface area contributed by atoms with Crippen molar-refractivity contribution in [3.05, 3.63) is 59.5 Å². The summed E-state index contributed by atoms with van der Waals surface area (Å²) in [4.78, 5) is 10.9. The largest absolute Gasteiger partial charge is 0.478 e. The van der Waals surface area contributed by atoms with Crippen molar-refractivity contribution in [2.45, 2.75) is 12.6 Å². The summed E-state index contributed by atoms with van der Waals surface area (Å²) in [6.45, 7) is 1.02. The first-order chi connectivity index (χ1) is 9.70. The van der Waals surface area contributed by atoms with Gasteiger partial charge in [-0.2, -0.15) is 0 Å². The second kappa shape index (κ2) is 6.88. The van der Waals surface area contributed by atoms with Crippen LogP contribution in [0.1, 0.15) is 27.7 Å². The Morgan fingerprint density at radius 3 is 2.90 bits per heavy atom. The first kappa shape index (κ1) is 14.3. The highest BCUT2D eigenvalue weighted by Crippen LogP contribution is 2.15. The van der Waals surface area contributed by atoms with Gasteiger partial charge in [0.2, 0.25) is 0 Å². The molecule has 2 aromatic rings. The number of furan rings is 1. The SMILES string of the molecule is COCC(NCc1cccc(C(=O)O)c1)c1ccco1. The van der Waals surface area contributed by atoms with E-state index in [2.05, 4.69) is 5.32 Å². The van der Waals surface area contributed by atoms with Crippen molar-refractivity contribution >= 4 is 5.97 Å². The average molecular weight is 275 g/mol. The van der Waals surface area contributed by atoms with Crippen LogP contribution in [0.25, 0.3) is 0 Å². The molecule has 1 aromatic heterocycles. The van der Waals surface area contributed by atoms with Crippen molar-refractivity contribution in [1.82, 2.24) is 5.32 Å². The Kier molecular flexibility index (Phi) is 4.92. The fourth-order valence-corrected chi connectivity index (χ4v) is 1.95. The maximum atomic E-state index is 10.9. The quantitative estimate of drug-likeness (QED) is 0.812. The van der Waals surface area contributed by atoms with E-state index in [-0.39, 0.29) is 11.6 Å². The van der Waals surface area contributed by atoms with Crippen LogP contribution in [0, 0.1) is 0 Å². The lowest BCUT2D eigenvalue weighted by Crippen LogP contribution is -2.24. The molecule has 0 amide bonds. The van der Waals surface area contributed by atoms with Gasteiger partial charge in [-0.25, -0.2) is 4.79 Å². The van der Waals surface area contributed by atoms with Gasteiger partial charge in [0.25, 0.3) is 0 Å². The molecule has 0 aliphatic rings. The predicted molar refractivity (Wildman–Crippen MR) is 73.6 cm³/mol. The van der Waals surface area contributed by atoms with Crippen molar-refractivity contribution in [1.29, 1.82) is 0 Å². The van der Waals surface area contributed by atoms with Crippen LogP contribution >= 0.6 is 0 Å². The summed E-state index contributed by atoms with van der Waals surface area (Å²) in [5, 5.41) is 12.3. The van der Waals surface area contributed by atoms with E-state index >= 15 is 0 Å². The van der Waals surface area contributed by atoms with E-state index in [0.717, 1.165) is 11.3 Å².